The van der Waals surface area contributed by atoms with Crippen molar-refractivity contribution in [3.05, 3.63) is 182 Å². The van der Waals surface area contributed by atoms with Gasteiger partial charge in [0.15, 0.2) is 0 Å². The quantitative estimate of drug-likeness (QED) is 0.175. The van der Waals surface area contributed by atoms with Gasteiger partial charge in [0.05, 0.1) is 33.8 Å². The molecule has 0 spiro atoms. The first-order chi connectivity index (χ1) is 28.7. The van der Waals surface area contributed by atoms with E-state index in [1.54, 1.807) is 0 Å². The normalized spacial score (nSPS) is 11.9. The smallest absolute Gasteiger partial charge is 0.137 e. The molecule has 0 atom stereocenters. The molecule has 4 nitrogen and oxygen atoms in total. The second kappa shape index (κ2) is 13.0. The van der Waals surface area contributed by atoms with Gasteiger partial charge >= 0.3 is 0 Å². The molecule has 12 aromatic rings. The van der Waals surface area contributed by atoms with Crippen LogP contribution in [0.2, 0.25) is 0 Å². The van der Waals surface area contributed by atoms with Gasteiger partial charge in [0.25, 0.3) is 0 Å². The Morgan fingerprint density at radius 3 is 1.81 bits per heavy atom. The largest absolute Gasteiger partial charge is 0.294 e. The van der Waals surface area contributed by atoms with Gasteiger partial charge in [0, 0.05) is 79.6 Å². The monoisotopic (exact) mass is 776 g/mol. The molecule has 6 aromatic heterocycles. The lowest BCUT2D eigenvalue weighted by atomic mass is 10.00. The summed E-state index contributed by atoms with van der Waals surface area (Å²) in [7, 11) is 0. The van der Waals surface area contributed by atoms with Gasteiger partial charge in [-0.25, -0.2) is 15.0 Å². The number of hydrogen-bond donors (Lipinski definition) is 0. The number of aryl methyl sites for hydroxylation is 1. The first-order valence-electron chi connectivity index (χ1n) is 19.4. The molecule has 0 fully saturated rings. The third-order valence-electron chi connectivity index (χ3n) is 11.4. The highest BCUT2D eigenvalue weighted by Crippen LogP contribution is 2.47. The topological polar surface area (TPSA) is 43.6 Å². The highest BCUT2D eigenvalue weighted by atomic mass is 32.1. The van der Waals surface area contributed by atoms with Crippen LogP contribution in [0.3, 0.4) is 0 Å². The van der Waals surface area contributed by atoms with Crippen molar-refractivity contribution in [1.82, 2.24) is 19.5 Å². The third kappa shape index (κ3) is 5.16. The van der Waals surface area contributed by atoms with E-state index in [0.717, 1.165) is 50.8 Å². The third-order valence-corrected chi connectivity index (χ3v) is 13.9. The van der Waals surface area contributed by atoms with E-state index in [2.05, 4.69) is 169 Å². The summed E-state index contributed by atoms with van der Waals surface area (Å²) in [5, 5.41) is 7.54. The summed E-state index contributed by atoms with van der Waals surface area (Å²) in [6.45, 7) is 2.14. The number of thiophene rings is 2. The van der Waals surface area contributed by atoms with Crippen molar-refractivity contribution >= 4 is 84.8 Å². The molecule has 0 radical (unpaired) electrons. The number of benzene rings is 6. The van der Waals surface area contributed by atoms with E-state index in [1.165, 1.54) is 67.8 Å². The number of fused-ring (bicyclic) bond motifs is 9. The Balaban J connectivity index is 0.949. The number of pyridine rings is 3. The fourth-order valence-corrected chi connectivity index (χ4v) is 11.3. The zero-order valence-electron chi connectivity index (χ0n) is 31.3. The van der Waals surface area contributed by atoms with Crippen LogP contribution in [0.1, 0.15) is 5.56 Å². The van der Waals surface area contributed by atoms with E-state index in [1.807, 2.05) is 41.0 Å². The van der Waals surface area contributed by atoms with Crippen molar-refractivity contribution in [2.75, 3.05) is 0 Å². The van der Waals surface area contributed by atoms with Crippen molar-refractivity contribution in [3.8, 4) is 50.8 Å². The van der Waals surface area contributed by atoms with E-state index in [4.69, 9.17) is 15.0 Å². The van der Waals surface area contributed by atoms with Crippen LogP contribution in [0.4, 0.5) is 0 Å². The molecular weight excluding hydrogens is 745 g/mol. The SMILES string of the molecule is Cc1ccc2c3cc(-c4cccc(-c5cccc(-c6cccc7c6sc6c(-c8cccc9c8sc8ccccc89)cccc67)n5)n4)ccc3n(-c3ccccn3)c2c1. The molecule has 0 N–H and O–H groups in total. The first-order valence-corrected chi connectivity index (χ1v) is 21.1. The highest BCUT2D eigenvalue weighted by molar-refractivity contribution is 7.27. The molecular formula is C52H32N4S2. The fraction of sp³-hybridized carbons (Fsp3) is 0.0192. The molecule has 0 saturated carbocycles. The Morgan fingerprint density at radius 1 is 0.414 bits per heavy atom. The number of aromatic nitrogens is 4. The Labute approximate surface area is 342 Å². The van der Waals surface area contributed by atoms with Gasteiger partial charge < -0.3 is 0 Å². The lowest BCUT2D eigenvalue weighted by molar-refractivity contribution is 1.08. The Bertz CT molecular complexity index is 3590. The summed E-state index contributed by atoms with van der Waals surface area (Å²) >= 11 is 3.75. The van der Waals surface area contributed by atoms with Gasteiger partial charge in [-0.2, -0.15) is 0 Å². The van der Waals surface area contributed by atoms with E-state index < -0.39 is 0 Å². The zero-order chi connectivity index (χ0) is 38.3. The predicted octanol–water partition coefficient (Wildman–Crippen LogP) is 14.7. The van der Waals surface area contributed by atoms with Gasteiger partial charge in [-0.3, -0.25) is 4.57 Å². The molecule has 0 aliphatic rings. The minimum atomic E-state index is 0.841. The first kappa shape index (κ1) is 33.2. The lowest BCUT2D eigenvalue weighted by Crippen LogP contribution is -1.96. The minimum absolute atomic E-state index is 0.841. The van der Waals surface area contributed by atoms with E-state index in [-0.39, 0.29) is 0 Å². The molecule has 0 aliphatic carbocycles. The Kier molecular flexibility index (Phi) is 7.45. The Morgan fingerprint density at radius 2 is 1.03 bits per heavy atom. The van der Waals surface area contributed by atoms with Crippen molar-refractivity contribution in [2.45, 2.75) is 6.92 Å². The maximum Gasteiger partial charge on any atom is 0.137 e. The maximum atomic E-state index is 5.29. The van der Waals surface area contributed by atoms with Crippen LogP contribution < -0.4 is 0 Å². The van der Waals surface area contributed by atoms with Crippen molar-refractivity contribution in [2.24, 2.45) is 0 Å². The molecule has 6 heterocycles. The molecule has 12 rings (SSSR count). The minimum Gasteiger partial charge on any atom is -0.294 e. The molecule has 0 unspecified atom stereocenters. The molecule has 0 aliphatic heterocycles. The zero-order valence-corrected chi connectivity index (χ0v) is 33.0. The summed E-state index contributed by atoms with van der Waals surface area (Å²) in [4.78, 5) is 15.2. The summed E-state index contributed by atoms with van der Waals surface area (Å²) in [5.41, 5.74) is 11.8. The number of hydrogen-bond acceptors (Lipinski definition) is 5. The van der Waals surface area contributed by atoms with Crippen molar-refractivity contribution in [3.63, 3.8) is 0 Å². The average Bonchev–Trinajstić information content (AvgIpc) is 3.96. The molecule has 0 amide bonds. The summed E-state index contributed by atoms with van der Waals surface area (Å²) in [5.74, 6) is 0.906. The van der Waals surface area contributed by atoms with Gasteiger partial charge in [0.2, 0.25) is 0 Å². The maximum absolute atomic E-state index is 5.29. The molecule has 272 valence electrons. The fourth-order valence-electron chi connectivity index (χ4n) is 8.68. The van der Waals surface area contributed by atoms with Gasteiger partial charge in [-0.15, -0.1) is 22.7 Å². The molecule has 58 heavy (non-hydrogen) atoms. The number of nitrogens with zero attached hydrogens (tertiary/aromatic N) is 4. The van der Waals surface area contributed by atoms with Crippen LogP contribution in [0.15, 0.2) is 176 Å². The Hall–Kier alpha value is -6.99. The molecule has 0 bridgehead atoms. The van der Waals surface area contributed by atoms with Gasteiger partial charge in [-0.05, 0) is 73.2 Å². The molecule has 6 heteroatoms. The summed E-state index contributed by atoms with van der Waals surface area (Å²) in [6, 6.07) is 60.7. The van der Waals surface area contributed by atoms with Crippen LogP contribution >= 0.6 is 22.7 Å². The van der Waals surface area contributed by atoms with Crippen molar-refractivity contribution in [1.29, 1.82) is 0 Å². The molecule has 6 aromatic carbocycles. The van der Waals surface area contributed by atoms with Crippen LogP contribution in [0.5, 0.6) is 0 Å². The lowest BCUT2D eigenvalue weighted by Gasteiger charge is -2.09. The van der Waals surface area contributed by atoms with Gasteiger partial charge in [0.1, 0.15) is 5.82 Å². The average molecular weight is 777 g/mol. The van der Waals surface area contributed by atoms with E-state index in [0.29, 0.717) is 0 Å². The van der Waals surface area contributed by atoms with Gasteiger partial charge in [-0.1, -0.05) is 109 Å². The van der Waals surface area contributed by atoms with E-state index in [9.17, 15) is 0 Å². The summed E-state index contributed by atoms with van der Waals surface area (Å²) in [6.07, 6.45) is 1.85. The van der Waals surface area contributed by atoms with Crippen LogP contribution in [0, 0.1) is 6.92 Å². The standard InChI is InChI=1S/C52H32N4S2/c1-31-24-26-33-41-30-32(25-27-46(41)56(47(33)29-31)49-23-4-5-28-53-49)42-18-9-20-44(54-42)45-21-10-19-43(55-45)40-17-8-16-39-38-15-7-14-37(51(38)58-52(39)40)36-13-6-12-35-34-11-2-3-22-48(34)57-50(35)36/h2-30H,1H3. The predicted molar refractivity (Wildman–Crippen MR) is 246 cm³/mol. The summed E-state index contributed by atoms with van der Waals surface area (Å²) < 4.78 is 7.46. The van der Waals surface area contributed by atoms with E-state index >= 15 is 0 Å². The van der Waals surface area contributed by atoms with Crippen LogP contribution in [-0.2, 0) is 0 Å². The second-order valence-corrected chi connectivity index (χ2v) is 16.9. The van der Waals surface area contributed by atoms with Crippen molar-refractivity contribution < 1.29 is 0 Å². The number of rotatable bonds is 5. The highest BCUT2D eigenvalue weighted by Gasteiger charge is 2.19. The van der Waals surface area contributed by atoms with Crippen LogP contribution in [-0.4, -0.2) is 19.5 Å². The van der Waals surface area contributed by atoms with Crippen LogP contribution in [0.25, 0.3) is 113 Å². The second-order valence-electron chi connectivity index (χ2n) is 14.8. The molecule has 0 saturated heterocycles.